The zero-order chi connectivity index (χ0) is 25.3. The first kappa shape index (κ1) is 24.0. The van der Waals surface area contributed by atoms with E-state index in [2.05, 4.69) is 0 Å². The van der Waals surface area contributed by atoms with E-state index in [1.165, 1.54) is 12.0 Å². The Balaban J connectivity index is 1.84. The molecule has 35 heavy (non-hydrogen) atoms. The molecule has 1 unspecified atom stereocenters. The number of methoxy groups -OCH3 is 1. The van der Waals surface area contributed by atoms with Gasteiger partial charge in [-0.2, -0.15) is 0 Å². The molecule has 3 aromatic carbocycles. The Hall–Kier alpha value is -4.19. The van der Waals surface area contributed by atoms with E-state index in [1.807, 2.05) is 63.2 Å². The van der Waals surface area contributed by atoms with Crippen molar-refractivity contribution < 1.29 is 24.2 Å². The van der Waals surface area contributed by atoms with Gasteiger partial charge >= 0.3 is 5.97 Å². The normalized spacial score (nSPS) is 17.0. The van der Waals surface area contributed by atoms with Crippen LogP contribution in [-0.2, 0) is 20.9 Å². The Kier molecular flexibility index (Phi) is 6.56. The molecule has 1 aliphatic heterocycles. The maximum Gasteiger partial charge on any atom is 0.337 e. The number of Topliss-reactive ketones (excluding diaryl/α,β-unsaturated/α-hetero) is 1. The maximum absolute atomic E-state index is 13.3. The van der Waals surface area contributed by atoms with Gasteiger partial charge in [-0.05, 0) is 61.2 Å². The van der Waals surface area contributed by atoms with Crippen molar-refractivity contribution in [3.63, 3.8) is 0 Å². The Morgan fingerprint density at radius 2 is 1.63 bits per heavy atom. The van der Waals surface area contributed by atoms with Crippen LogP contribution in [0, 0.1) is 20.8 Å². The van der Waals surface area contributed by atoms with Crippen LogP contribution in [-0.4, -0.2) is 34.8 Å². The molecule has 1 heterocycles. The lowest BCUT2D eigenvalue weighted by molar-refractivity contribution is -0.140. The molecule has 178 valence electrons. The molecule has 0 saturated carbocycles. The molecule has 0 aliphatic carbocycles. The average molecular weight is 470 g/mol. The van der Waals surface area contributed by atoms with Gasteiger partial charge in [-0.15, -0.1) is 0 Å². The van der Waals surface area contributed by atoms with Crippen LogP contribution in [0.1, 0.15) is 49.8 Å². The molecule has 1 amide bonds. The van der Waals surface area contributed by atoms with Crippen molar-refractivity contribution in [3.8, 4) is 0 Å². The molecule has 0 spiro atoms. The second-order valence-electron chi connectivity index (χ2n) is 8.79. The Morgan fingerprint density at radius 1 is 0.943 bits per heavy atom. The number of rotatable bonds is 5. The van der Waals surface area contributed by atoms with Crippen molar-refractivity contribution >= 4 is 23.4 Å². The number of aliphatic hydroxyl groups excluding tert-OH is 1. The molecule has 4 rings (SSSR count). The highest BCUT2D eigenvalue weighted by atomic mass is 16.5. The Morgan fingerprint density at radius 3 is 2.29 bits per heavy atom. The van der Waals surface area contributed by atoms with E-state index in [0.717, 1.165) is 27.8 Å². The van der Waals surface area contributed by atoms with E-state index >= 15 is 0 Å². The summed E-state index contributed by atoms with van der Waals surface area (Å²) >= 11 is 0. The lowest BCUT2D eigenvalue weighted by Gasteiger charge is -2.27. The molecule has 1 saturated heterocycles. The van der Waals surface area contributed by atoms with Crippen LogP contribution in [0.15, 0.2) is 72.3 Å². The van der Waals surface area contributed by atoms with Gasteiger partial charge in [-0.1, -0.05) is 54.1 Å². The fraction of sp³-hybridized carbons (Fsp3) is 0.207. The van der Waals surface area contributed by atoms with Gasteiger partial charge < -0.3 is 14.7 Å². The number of amides is 1. The molecule has 0 bridgehead atoms. The van der Waals surface area contributed by atoms with Crippen LogP contribution in [0.25, 0.3) is 5.76 Å². The lowest BCUT2D eigenvalue weighted by atomic mass is 9.91. The smallest absolute Gasteiger partial charge is 0.337 e. The van der Waals surface area contributed by atoms with Crippen LogP contribution < -0.4 is 0 Å². The molecule has 6 heteroatoms. The summed E-state index contributed by atoms with van der Waals surface area (Å²) in [6.45, 7) is 5.81. The summed E-state index contributed by atoms with van der Waals surface area (Å²) in [6, 6.07) is 19.1. The van der Waals surface area contributed by atoms with Gasteiger partial charge in [0.2, 0.25) is 0 Å². The van der Waals surface area contributed by atoms with Crippen molar-refractivity contribution in [2.75, 3.05) is 7.11 Å². The molecule has 3 aromatic rings. The minimum Gasteiger partial charge on any atom is -0.507 e. The van der Waals surface area contributed by atoms with Crippen molar-refractivity contribution in [2.24, 2.45) is 0 Å². The van der Waals surface area contributed by atoms with Crippen LogP contribution >= 0.6 is 0 Å². The van der Waals surface area contributed by atoms with E-state index in [-0.39, 0.29) is 17.9 Å². The number of carbonyl (C=O) groups is 3. The molecule has 0 aromatic heterocycles. The highest BCUT2D eigenvalue weighted by molar-refractivity contribution is 6.46. The predicted molar refractivity (Wildman–Crippen MR) is 133 cm³/mol. The molecule has 1 atom stereocenters. The quantitative estimate of drug-likeness (QED) is 0.246. The van der Waals surface area contributed by atoms with Crippen molar-refractivity contribution in [2.45, 2.75) is 33.4 Å². The van der Waals surface area contributed by atoms with Gasteiger partial charge in [0, 0.05) is 12.1 Å². The minimum absolute atomic E-state index is 0.0733. The molecular formula is C29H27NO5. The van der Waals surface area contributed by atoms with E-state index in [1.54, 1.807) is 24.3 Å². The minimum atomic E-state index is -0.753. The van der Waals surface area contributed by atoms with Crippen LogP contribution in [0.2, 0.25) is 0 Å². The zero-order valence-electron chi connectivity index (χ0n) is 20.2. The average Bonchev–Trinajstić information content (AvgIpc) is 3.10. The maximum atomic E-state index is 13.3. The van der Waals surface area contributed by atoms with Gasteiger partial charge in [0.15, 0.2) is 0 Å². The molecular weight excluding hydrogens is 442 g/mol. The van der Waals surface area contributed by atoms with E-state index in [4.69, 9.17) is 4.74 Å². The van der Waals surface area contributed by atoms with Gasteiger partial charge in [-0.25, -0.2) is 4.79 Å². The van der Waals surface area contributed by atoms with Crippen LogP contribution in [0.5, 0.6) is 0 Å². The van der Waals surface area contributed by atoms with Gasteiger partial charge in [0.05, 0.1) is 24.3 Å². The molecule has 0 radical (unpaired) electrons. The monoisotopic (exact) mass is 469 g/mol. The second-order valence-corrected chi connectivity index (χ2v) is 8.79. The zero-order valence-corrected chi connectivity index (χ0v) is 20.2. The summed E-state index contributed by atoms with van der Waals surface area (Å²) in [5, 5.41) is 11.4. The lowest BCUT2D eigenvalue weighted by Crippen LogP contribution is -2.29. The molecule has 1 N–H and O–H groups in total. The molecule has 6 nitrogen and oxygen atoms in total. The van der Waals surface area contributed by atoms with E-state index in [9.17, 15) is 19.5 Å². The summed E-state index contributed by atoms with van der Waals surface area (Å²) in [6.07, 6.45) is 0. The standard InChI is InChI=1S/C29H27NO5/c1-17-9-10-19(3)23(15-17)26(31)24-25(22-8-6-5-7-18(22)2)30(28(33)27(24)32)16-20-11-13-21(14-12-20)29(34)35-4/h5-15,25,31H,16H2,1-4H3/b26-24+. The van der Waals surface area contributed by atoms with Crippen molar-refractivity contribution in [3.05, 3.63) is 111 Å². The highest BCUT2D eigenvalue weighted by Gasteiger charge is 2.46. The van der Waals surface area contributed by atoms with Crippen molar-refractivity contribution in [1.29, 1.82) is 0 Å². The van der Waals surface area contributed by atoms with Crippen molar-refractivity contribution in [1.82, 2.24) is 4.90 Å². The number of ketones is 1. The van der Waals surface area contributed by atoms with Gasteiger partial charge in [0.25, 0.3) is 11.7 Å². The summed E-state index contributed by atoms with van der Waals surface area (Å²) in [4.78, 5) is 39.9. The second kappa shape index (κ2) is 9.58. The Bertz CT molecular complexity index is 1350. The molecule has 1 fully saturated rings. The topological polar surface area (TPSA) is 83.9 Å². The number of hydrogen-bond acceptors (Lipinski definition) is 5. The first-order valence-electron chi connectivity index (χ1n) is 11.3. The number of nitrogens with zero attached hydrogens (tertiary/aromatic N) is 1. The first-order valence-corrected chi connectivity index (χ1v) is 11.3. The number of ether oxygens (including phenoxy) is 1. The first-order chi connectivity index (χ1) is 16.7. The van der Waals surface area contributed by atoms with Crippen LogP contribution in [0.3, 0.4) is 0 Å². The third-order valence-corrected chi connectivity index (χ3v) is 6.40. The number of esters is 1. The number of hydrogen-bond donors (Lipinski definition) is 1. The van der Waals surface area contributed by atoms with Gasteiger partial charge in [-0.3, -0.25) is 9.59 Å². The van der Waals surface area contributed by atoms with E-state index in [0.29, 0.717) is 11.1 Å². The number of aryl methyl sites for hydroxylation is 3. The fourth-order valence-electron chi connectivity index (χ4n) is 4.46. The number of aliphatic hydroxyl groups is 1. The molecule has 1 aliphatic rings. The van der Waals surface area contributed by atoms with Crippen LogP contribution in [0.4, 0.5) is 0 Å². The summed E-state index contributed by atoms with van der Waals surface area (Å²) in [7, 11) is 1.31. The Labute approximate surface area is 204 Å². The summed E-state index contributed by atoms with van der Waals surface area (Å²) < 4.78 is 4.75. The highest BCUT2D eigenvalue weighted by Crippen LogP contribution is 2.41. The fourth-order valence-corrected chi connectivity index (χ4v) is 4.46. The SMILES string of the molecule is COC(=O)c1ccc(CN2C(=O)C(=O)/C(=C(/O)c3cc(C)ccc3C)C2c2ccccc2C)cc1. The van der Waals surface area contributed by atoms with E-state index < -0.39 is 23.7 Å². The third kappa shape index (κ3) is 4.47. The van der Waals surface area contributed by atoms with Gasteiger partial charge in [0.1, 0.15) is 5.76 Å². The summed E-state index contributed by atoms with van der Waals surface area (Å²) in [5.41, 5.74) is 5.15. The number of benzene rings is 3. The number of carbonyl (C=O) groups excluding carboxylic acids is 3. The largest absolute Gasteiger partial charge is 0.507 e. The number of likely N-dealkylation sites (tertiary alicyclic amines) is 1. The predicted octanol–water partition coefficient (Wildman–Crippen LogP) is 5.02. The summed E-state index contributed by atoms with van der Waals surface area (Å²) in [5.74, 6) is -2.03. The third-order valence-electron chi connectivity index (χ3n) is 6.40.